The Kier molecular flexibility index (Phi) is 6.28. The molecule has 0 spiro atoms. The maximum Gasteiger partial charge on any atom is 0.340 e. The number of ether oxygens (including phenoxy) is 1. The predicted octanol–water partition coefficient (Wildman–Crippen LogP) is 3.12. The van der Waals surface area contributed by atoms with E-state index in [1.165, 1.54) is 6.92 Å². The van der Waals surface area contributed by atoms with E-state index in [4.69, 9.17) is 4.74 Å². The highest BCUT2D eigenvalue weighted by atomic mass is 16.5. The third-order valence-electron chi connectivity index (χ3n) is 3.44. The van der Waals surface area contributed by atoms with Crippen molar-refractivity contribution in [2.45, 2.75) is 13.8 Å². The summed E-state index contributed by atoms with van der Waals surface area (Å²) in [6.07, 6.45) is 0. The van der Waals surface area contributed by atoms with Crippen LogP contribution in [0.5, 0.6) is 0 Å². The second-order valence-electron chi connectivity index (χ2n) is 5.30. The van der Waals surface area contributed by atoms with Crippen molar-refractivity contribution in [3.05, 3.63) is 59.7 Å². The average molecular weight is 340 g/mol. The molecule has 0 aliphatic rings. The van der Waals surface area contributed by atoms with Crippen LogP contribution in [0.25, 0.3) is 0 Å². The van der Waals surface area contributed by atoms with Gasteiger partial charge >= 0.3 is 5.97 Å². The first-order valence-electron chi connectivity index (χ1n) is 7.92. The summed E-state index contributed by atoms with van der Waals surface area (Å²) in [7, 11) is 0. The molecule has 2 rings (SSSR count). The van der Waals surface area contributed by atoms with Crippen molar-refractivity contribution in [3.8, 4) is 0 Å². The van der Waals surface area contributed by atoms with E-state index in [0.717, 1.165) is 0 Å². The molecule has 0 saturated heterocycles. The molecule has 25 heavy (non-hydrogen) atoms. The van der Waals surface area contributed by atoms with E-state index in [1.807, 2.05) is 0 Å². The van der Waals surface area contributed by atoms with Crippen LogP contribution in [0.3, 0.4) is 0 Å². The third kappa shape index (κ3) is 5.17. The zero-order valence-corrected chi connectivity index (χ0v) is 14.2. The molecule has 0 bridgehead atoms. The molecular formula is C19H20N2O4. The average Bonchev–Trinajstić information content (AvgIpc) is 2.61. The van der Waals surface area contributed by atoms with Gasteiger partial charge in [-0.05, 0) is 50.2 Å². The highest BCUT2D eigenvalue weighted by Crippen LogP contribution is 2.16. The molecule has 6 nitrogen and oxygen atoms in total. The van der Waals surface area contributed by atoms with Crippen LogP contribution in [0.2, 0.25) is 0 Å². The van der Waals surface area contributed by atoms with Crippen LogP contribution in [-0.2, 0) is 9.53 Å². The van der Waals surface area contributed by atoms with Crippen molar-refractivity contribution < 1.29 is 19.1 Å². The number of rotatable bonds is 7. The lowest BCUT2D eigenvalue weighted by Crippen LogP contribution is -2.22. The first kappa shape index (κ1) is 18.2. The molecule has 0 atom stereocenters. The molecule has 2 N–H and O–H groups in total. The van der Waals surface area contributed by atoms with Gasteiger partial charge in [-0.1, -0.05) is 12.1 Å². The number of nitrogens with one attached hydrogen (secondary N) is 2. The van der Waals surface area contributed by atoms with Crippen molar-refractivity contribution in [1.29, 1.82) is 0 Å². The summed E-state index contributed by atoms with van der Waals surface area (Å²) in [5.74, 6) is -0.741. The number of Topliss-reactive ketones (excluding diaryl/α,β-unsaturated/α-hetero) is 1. The number of carbonyl (C=O) groups is 3. The van der Waals surface area contributed by atoms with E-state index in [9.17, 15) is 14.4 Å². The van der Waals surface area contributed by atoms with Gasteiger partial charge in [0.05, 0.1) is 18.7 Å². The zero-order valence-electron chi connectivity index (χ0n) is 14.2. The van der Waals surface area contributed by atoms with E-state index in [2.05, 4.69) is 10.6 Å². The van der Waals surface area contributed by atoms with Gasteiger partial charge in [-0.25, -0.2) is 4.79 Å². The fraction of sp³-hybridized carbons (Fsp3) is 0.211. The first-order valence-corrected chi connectivity index (χ1v) is 7.92. The number of anilines is 2. The molecule has 0 unspecified atom stereocenters. The van der Waals surface area contributed by atoms with Crippen molar-refractivity contribution >= 4 is 29.0 Å². The second kappa shape index (κ2) is 8.63. The summed E-state index contributed by atoms with van der Waals surface area (Å²) in [5.41, 5.74) is 2.08. The van der Waals surface area contributed by atoms with Gasteiger partial charge < -0.3 is 15.4 Å². The highest BCUT2D eigenvalue weighted by Gasteiger charge is 2.12. The van der Waals surface area contributed by atoms with Crippen LogP contribution in [0.15, 0.2) is 48.5 Å². The summed E-state index contributed by atoms with van der Waals surface area (Å²) >= 11 is 0. The fourth-order valence-corrected chi connectivity index (χ4v) is 2.19. The lowest BCUT2D eigenvalue weighted by atomic mass is 10.1. The van der Waals surface area contributed by atoms with E-state index in [0.29, 0.717) is 22.5 Å². The number of hydrogen-bond acceptors (Lipinski definition) is 5. The van der Waals surface area contributed by atoms with Crippen molar-refractivity contribution in [1.82, 2.24) is 0 Å². The Hall–Kier alpha value is -3.15. The van der Waals surface area contributed by atoms with Gasteiger partial charge in [0.1, 0.15) is 0 Å². The summed E-state index contributed by atoms with van der Waals surface area (Å²) in [6.45, 7) is 3.49. The Labute approximate surface area is 146 Å². The van der Waals surface area contributed by atoms with Crippen molar-refractivity contribution in [2.24, 2.45) is 0 Å². The lowest BCUT2D eigenvalue weighted by Gasteiger charge is -2.11. The van der Waals surface area contributed by atoms with E-state index in [1.54, 1.807) is 55.5 Å². The molecule has 6 heteroatoms. The second-order valence-corrected chi connectivity index (χ2v) is 5.30. The molecule has 0 aliphatic carbocycles. The maximum atomic E-state index is 12.1. The van der Waals surface area contributed by atoms with E-state index in [-0.39, 0.29) is 24.8 Å². The number of carbonyl (C=O) groups excluding carboxylic acids is 3. The molecule has 0 fully saturated rings. The van der Waals surface area contributed by atoms with Crippen LogP contribution in [0, 0.1) is 0 Å². The Morgan fingerprint density at radius 3 is 2.32 bits per heavy atom. The molecule has 2 aromatic carbocycles. The Balaban J connectivity index is 1.96. The van der Waals surface area contributed by atoms with Gasteiger partial charge in [-0.15, -0.1) is 0 Å². The minimum absolute atomic E-state index is 0.00905. The smallest absolute Gasteiger partial charge is 0.340 e. The van der Waals surface area contributed by atoms with Crippen molar-refractivity contribution in [2.75, 3.05) is 23.8 Å². The van der Waals surface area contributed by atoms with Crippen molar-refractivity contribution in [3.63, 3.8) is 0 Å². The summed E-state index contributed by atoms with van der Waals surface area (Å²) in [4.78, 5) is 35.2. The van der Waals surface area contributed by atoms with Crippen LogP contribution in [0.4, 0.5) is 11.4 Å². The van der Waals surface area contributed by atoms with Gasteiger partial charge in [0.15, 0.2) is 5.78 Å². The normalized spacial score (nSPS) is 10.0. The molecule has 0 aliphatic heterocycles. The van der Waals surface area contributed by atoms with Gasteiger partial charge in [-0.2, -0.15) is 0 Å². The van der Waals surface area contributed by atoms with Gasteiger partial charge in [-0.3, -0.25) is 9.59 Å². The number of ketones is 1. The van der Waals surface area contributed by atoms with Gasteiger partial charge in [0.2, 0.25) is 5.91 Å². The highest BCUT2D eigenvalue weighted by molar-refractivity contribution is 5.98. The molecule has 2 aromatic rings. The Bertz CT molecular complexity index is 769. The topological polar surface area (TPSA) is 84.5 Å². The zero-order chi connectivity index (χ0) is 18.2. The Morgan fingerprint density at radius 1 is 1.00 bits per heavy atom. The summed E-state index contributed by atoms with van der Waals surface area (Å²) in [6, 6.07) is 13.5. The number of para-hydroxylation sites is 1. The third-order valence-corrected chi connectivity index (χ3v) is 3.44. The van der Waals surface area contributed by atoms with Gasteiger partial charge in [0.25, 0.3) is 0 Å². The molecule has 0 radical (unpaired) electrons. The predicted molar refractivity (Wildman–Crippen MR) is 96.0 cm³/mol. The summed E-state index contributed by atoms with van der Waals surface area (Å²) < 4.78 is 4.99. The quantitative estimate of drug-likeness (QED) is 0.597. The number of benzene rings is 2. The minimum atomic E-state index is -0.439. The van der Waals surface area contributed by atoms with Crippen LogP contribution in [-0.4, -0.2) is 30.8 Å². The fourth-order valence-electron chi connectivity index (χ4n) is 2.19. The van der Waals surface area contributed by atoms with E-state index >= 15 is 0 Å². The molecular weight excluding hydrogens is 320 g/mol. The molecule has 130 valence electrons. The Morgan fingerprint density at radius 2 is 1.68 bits per heavy atom. The van der Waals surface area contributed by atoms with Crippen LogP contribution < -0.4 is 10.6 Å². The maximum absolute atomic E-state index is 12.1. The van der Waals surface area contributed by atoms with Crippen LogP contribution in [0.1, 0.15) is 34.6 Å². The molecule has 0 heterocycles. The summed E-state index contributed by atoms with van der Waals surface area (Å²) in [5, 5.41) is 5.66. The van der Waals surface area contributed by atoms with Crippen LogP contribution >= 0.6 is 0 Å². The van der Waals surface area contributed by atoms with Gasteiger partial charge in [0, 0.05) is 16.9 Å². The standard InChI is InChI=1S/C19H20N2O4/c1-3-25-19(24)16-6-4-5-7-17(16)20-12-18(23)21-15-10-8-14(9-11-15)13(2)22/h4-11,20H,3,12H2,1-2H3,(H,21,23). The number of amides is 1. The minimum Gasteiger partial charge on any atom is -0.462 e. The molecule has 1 amide bonds. The lowest BCUT2D eigenvalue weighted by molar-refractivity contribution is -0.114. The molecule has 0 aromatic heterocycles. The first-order chi connectivity index (χ1) is 12.0. The largest absolute Gasteiger partial charge is 0.462 e. The SMILES string of the molecule is CCOC(=O)c1ccccc1NCC(=O)Nc1ccc(C(C)=O)cc1. The molecule has 0 saturated carbocycles. The van der Waals surface area contributed by atoms with E-state index < -0.39 is 5.97 Å². The number of esters is 1. The number of hydrogen-bond donors (Lipinski definition) is 2. The monoisotopic (exact) mass is 340 g/mol.